The molecule has 1 saturated carbocycles. The molecule has 0 radical (unpaired) electrons. The van der Waals surface area contributed by atoms with Crippen molar-refractivity contribution >= 4 is 17.4 Å². The molecule has 4 nitrogen and oxygen atoms in total. The molecule has 0 bridgehead atoms. The Morgan fingerprint density at radius 2 is 1.90 bits per heavy atom. The van der Waals surface area contributed by atoms with Crippen LogP contribution in [0.5, 0.6) is 0 Å². The van der Waals surface area contributed by atoms with E-state index in [9.17, 15) is 0 Å². The smallest absolute Gasteiger partial charge is 0.137 e. The minimum Gasteiger partial charge on any atom is -0.376 e. The molecule has 1 aliphatic carbocycles. The average molecular weight is 310 g/mol. The summed E-state index contributed by atoms with van der Waals surface area (Å²) in [5, 5.41) is 4.11. The zero-order valence-corrected chi connectivity index (χ0v) is 14.0. The van der Waals surface area contributed by atoms with Crippen molar-refractivity contribution in [2.45, 2.75) is 64.5 Å². The van der Waals surface area contributed by atoms with Gasteiger partial charge in [0.1, 0.15) is 16.8 Å². The van der Waals surface area contributed by atoms with Crippen LogP contribution >= 0.6 is 11.6 Å². The van der Waals surface area contributed by atoms with Crippen molar-refractivity contribution in [3.63, 3.8) is 0 Å². The lowest BCUT2D eigenvalue weighted by atomic mass is 9.95. The number of nitrogens with zero attached hydrogens (tertiary/aromatic N) is 2. The molecule has 1 aliphatic heterocycles. The normalized spacial score (nSPS) is 26.1. The second kappa shape index (κ2) is 5.40. The number of hydrogen-bond donors (Lipinski definition) is 1. The monoisotopic (exact) mass is 309 g/mol. The molecule has 1 saturated heterocycles. The molecule has 3 rings (SSSR count). The summed E-state index contributed by atoms with van der Waals surface area (Å²) in [5.74, 6) is 2.37. The minimum atomic E-state index is -0.115. The lowest BCUT2D eigenvalue weighted by molar-refractivity contribution is 0.0898. The minimum absolute atomic E-state index is 0.115. The van der Waals surface area contributed by atoms with Crippen LogP contribution in [0.15, 0.2) is 0 Å². The van der Waals surface area contributed by atoms with Crippen molar-refractivity contribution in [1.29, 1.82) is 0 Å². The van der Waals surface area contributed by atoms with Crippen LogP contribution in [0, 0.1) is 12.8 Å². The van der Waals surface area contributed by atoms with E-state index in [-0.39, 0.29) is 5.41 Å². The maximum atomic E-state index is 6.30. The van der Waals surface area contributed by atoms with Crippen LogP contribution in [-0.2, 0) is 10.2 Å². The Hall–Kier alpha value is -0.870. The number of nitrogens with one attached hydrogen (secondary N) is 1. The maximum absolute atomic E-state index is 6.30. The fourth-order valence-electron chi connectivity index (χ4n) is 2.80. The van der Waals surface area contributed by atoms with E-state index in [4.69, 9.17) is 21.3 Å². The molecule has 0 spiro atoms. The zero-order chi connectivity index (χ0) is 15.2. The number of anilines is 1. The Morgan fingerprint density at radius 3 is 2.52 bits per heavy atom. The van der Waals surface area contributed by atoms with Crippen molar-refractivity contribution in [2.24, 2.45) is 5.92 Å². The number of rotatable bonds is 3. The molecule has 2 heterocycles. The Kier molecular flexibility index (Phi) is 3.87. The van der Waals surface area contributed by atoms with Crippen molar-refractivity contribution in [3.8, 4) is 0 Å². The van der Waals surface area contributed by atoms with Crippen LogP contribution in [0.1, 0.15) is 51.4 Å². The fraction of sp³-hybridized carbons (Fsp3) is 0.750. The van der Waals surface area contributed by atoms with Crippen LogP contribution in [0.3, 0.4) is 0 Å². The summed E-state index contributed by atoms with van der Waals surface area (Å²) in [7, 11) is 0. The van der Waals surface area contributed by atoms with Gasteiger partial charge < -0.3 is 10.1 Å². The fourth-order valence-corrected chi connectivity index (χ4v) is 2.97. The van der Waals surface area contributed by atoms with Gasteiger partial charge in [-0.25, -0.2) is 9.97 Å². The van der Waals surface area contributed by atoms with Gasteiger partial charge in [0, 0.05) is 17.6 Å². The van der Waals surface area contributed by atoms with Gasteiger partial charge in [0.15, 0.2) is 0 Å². The predicted octanol–water partition coefficient (Wildman–Crippen LogP) is 3.72. The van der Waals surface area contributed by atoms with Gasteiger partial charge in [-0.3, -0.25) is 0 Å². The maximum Gasteiger partial charge on any atom is 0.137 e. The van der Waals surface area contributed by atoms with Gasteiger partial charge in [0.25, 0.3) is 0 Å². The summed E-state index contributed by atoms with van der Waals surface area (Å²) in [5.41, 5.74) is 0.807. The zero-order valence-electron chi connectivity index (χ0n) is 13.2. The molecule has 2 atom stereocenters. The largest absolute Gasteiger partial charge is 0.376 e. The van der Waals surface area contributed by atoms with Crippen LogP contribution in [0.4, 0.5) is 5.82 Å². The standard InChI is InChI=1S/C16H24ClN3O/c1-9-13(17)19-15(16(2,3)4)20-14(9)18-11-7-8-21-12(11)10-5-6-10/h10-12H,5-8H2,1-4H3,(H,18,19,20). The van der Waals surface area contributed by atoms with Gasteiger partial charge in [0.05, 0.1) is 12.1 Å². The number of hydrogen-bond acceptors (Lipinski definition) is 4. The SMILES string of the molecule is Cc1c(Cl)nc(C(C)(C)C)nc1NC1CCOC1C1CC1. The molecule has 2 aliphatic rings. The quantitative estimate of drug-likeness (QED) is 0.865. The molecule has 2 unspecified atom stereocenters. The second-order valence-corrected chi connectivity index (χ2v) is 7.63. The van der Waals surface area contributed by atoms with E-state index in [0.29, 0.717) is 17.3 Å². The Balaban J connectivity index is 1.85. The first-order valence-corrected chi connectivity index (χ1v) is 8.17. The van der Waals surface area contributed by atoms with E-state index >= 15 is 0 Å². The Bertz CT molecular complexity index is 537. The molecular weight excluding hydrogens is 286 g/mol. The third kappa shape index (κ3) is 3.16. The Morgan fingerprint density at radius 1 is 1.19 bits per heavy atom. The lowest BCUT2D eigenvalue weighted by Gasteiger charge is -2.23. The third-order valence-corrected chi connectivity index (χ3v) is 4.67. The van der Waals surface area contributed by atoms with Gasteiger partial charge >= 0.3 is 0 Å². The number of aromatic nitrogens is 2. The van der Waals surface area contributed by atoms with Crippen LogP contribution in [0.25, 0.3) is 0 Å². The average Bonchev–Trinajstić information content (AvgIpc) is 3.14. The first kappa shape index (κ1) is 15.0. The first-order valence-electron chi connectivity index (χ1n) is 7.79. The van der Waals surface area contributed by atoms with Crippen molar-refractivity contribution in [2.75, 3.05) is 11.9 Å². The highest BCUT2D eigenvalue weighted by Crippen LogP contribution is 2.40. The van der Waals surface area contributed by atoms with Gasteiger partial charge in [-0.15, -0.1) is 0 Å². The van der Waals surface area contributed by atoms with Gasteiger partial charge in [0.2, 0.25) is 0 Å². The van der Waals surface area contributed by atoms with Crippen LogP contribution in [-0.4, -0.2) is 28.7 Å². The predicted molar refractivity (Wildman–Crippen MR) is 85.0 cm³/mol. The van der Waals surface area contributed by atoms with Gasteiger partial charge in [-0.05, 0) is 32.1 Å². The lowest BCUT2D eigenvalue weighted by Crippen LogP contribution is -2.32. The molecule has 1 N–H and O–H groups in total. The molecular formula is C16H24ClN3O. The van der Waals surface area contributed by atoms with Gasteiger partial charge in [-0.2, -0.15) is 0 Å². The van der Waals surface area contributed by atoms with E-state index in [0.717, 1.165) is 36.2 Å². The molecule has 2 fully saturated rings. The first-order chi connectivity index (χ1) is 9.86. The summed E-state index contributed by atoms with van der Waals surface area (Å²) in [6.07, 6.45) is 3.95. The van der Waals surface area contributed by atoms with E-state index < -0.39 is 0 Å². The molecule has 116 valence electrons. The highest BCUT2D eigenvalue weighted by Gasteiger charge is 2.41. The highest BCUT2D eigenvalue weighted by molar-refractivity contribution is 6.30. The van der Waals surface area contributed by atoms with Gasteiger partial charge in [-0.1, -0.05) is 32.4 Å². The third-order valence-electron chi connectivity index (χ3n) is 4.30. The summed E-state index contributed by atoms with van der Waals surface area (Å²) < 4.78 is 5.89. The molecule has 5 heteroatoms. The number of ether oxygens (including phenoxy) is 1. The summed E-state index contributed by atoms with van der Waals surface area (Å²) in [6, 6.07) is 0.343. The summed E-state index contributed by atoms with van der Waals surface area (Å²) >= 11 is 6.30. The molecule has 0 aromatic carbocycles. The van der Waals surface area contributed by atoms with Crippen molar-refractivity contribution in [1.82, 2.24) is 9.97 Å². The topological polar surface area (TPSA) is 47.0 Å². The van der Waals surface area contributed by atoms with Crippen LogP contribution < -0.4 is 5.32 Å². The second-order valence-electron chi connectivity index (χ2n) is 7.27. The van der Waals surface area contributed by atoms with E-state index in [1.54, 1.807) is 0 Å². The van der Waals surface area contributed by atoms with E-state index in [1.165, 1.54) is 12.8 Å². The number of halogens is 1. The molecule has 1 aromatic rings. The Labute approximate surface area is 131 Å². The van der Waals surface area contributed by atoms with Crippen LogP contribution in [0.2, 0.25) is 5.15 Å². The van der Waals surface area contributed by atoms with Crippen molar-refractivity contribution in [3.05, 3.63) is 16.5 Å². The van der Waals surface area contributed by atoms with E-state index in [2.05, 4.69) is 31.1 Å². The van der Waals surface area contributed by atoms with Crippen molar-refractivity contribution < 1.29 is 4.74 Å². The van der Waals surface area contributed by atoms with E-state index in [1.807, 2.05) is 6.92 Å². The highest BCUT2D eigenvalue weighted by atomic mass is 35.5. The molecule has 0 amide bonds. The molecule has 21 heavy (non-hydrogen) atoms. The summed E-state index contributed by atoms with van der Waals surface area (Å²) in [4.78, 5) is 9.15. The molecule has 1 aromatic heterocycles. The summed E-state index contributed by atoms with van der Waals surface area (Å²) in [6.45, 7) is 9.11.